The number of aliphatic hydroxyl groups excluding tert-OH is 1. The van der Waals surface area contributed by atoms with E-state index in [2.05, 4.69) is 15.5 Å². The van der Waals surface area contributed by atoms with Crippen molar-refractivity contribution in [3.8, 4) is 0 Å². The second-order valence-corrected chi connectivity index (χ2v) is 7.50. The van der Waals surface area contributed by atoms with E-state index in [9.17, 15) is 9.90 Å². The van der Waals surface area contributed by atoms with Gasteiger partial charge in [0.1, 0.15) is 0 Å². The summed E-state index contributed by atoms with van der Waals surface area (Å²) in [6.45, 7) is 2.36. The third-order valence-electron chi connectivity index (χ3n) is 5.01. The van der Waals surface area contributed by atoms with Gasteiger partial charge in [-0.05, 0) is 30.7 Å². The Kier molecular flexibility index (Phi) is 5.78. The summed E-state index contributed by atoms with van der Waals surface area (Å²) in [5.41, 5.74) is 2.64. The molecule has 1 amide bonds. The van der Waals surface area contributed by atoms with E-state index in [0.29, 0.717) is 18.7 Å². The molecule has 4 heterocycles. The maximum atomic E-state index is 13.0. The Balaban J connectivity index is 0.00000182. The normalized spacial score (nSPS) is 20.8. The predicted octanol–water partition coefficient (Wildman–Crippen LogP) is 2.27. The Labute approximate surface area is 157 Å². The Bertz CT molecular complexity index is 718. The first kappa shape index (κ1) is 18.4. The predicted molar refractivity (Wildman–Crippen MR) is 99.2 cm³/mol. The van der Waals surface area contributed by atoms with Crippen LogP contribution in [-0.2, 0) is 13.0 Å². The summed E-state index contributed by atoms with van der Waals surface area (Å²) >= 11 is 1.56. The van der Waals surface area contributed by atoms with Crippen molar-refractivity contribution in [2.45, 2.75) is 44.4 Å². The summed E-state index contributed by atoms with van der Waals surface area (Å²) in [7, 11) is 0. The minimum Gasteiger partial charge on any atom is -0.387 e. The summed E-state index contributed by atoms with van der Waals surface area (Å²) in [6.07, 6.45) is 2.91. The number of likely N-dealkylation sites (tertiary alicyclic amines) is 1. The van der Waals surface area contributed by atoms with Crippen molar-refractivity contribution in [1.82, 2.24) is 20.4 Å². The van der Waals surface area contributed by atoms with Gasteiger partial charge in [-0.25, -0.2) is 0 Å². The molecule has 0 radical (unpaired) electrons. The highest BCUT2D eigenvalue weighted by Crippen LogP contribution is 2.31. The lowest BCUT2D eigenvalue weighted by atomic mass is 10.0. The van der Waals surface area contributed by atoms with Crippen LogP contribution in [0.1, 0.15) is 52.0 Å². The average Bonchev–Trinajstić information content (AvgIpc) is 3.34. The van der Waals surface area contributed by atoms with E-state index < -0.39 is 6.10 Å². The number of aromatic amines is 1. The van der Waals surface area contributed by atoms with Crippen molar-refractivity contribution in [3.05, 3.63) is 39.3 Å². The zero-order valence-electron chi connectivity index (χ0n) is 13.9. The van der Waals surface area contributed by atoms with Gasteiger partial charge >= 0.3 is 0 Å². The van der Waals surface area contributed by atoms with Crippen molar-refractivity contribution < 1.29 is 9.90 Å². The number of hydrogen-bond acceptors (Lipinski definition) is 5. The van der Waals surface area contributed by atoms with Crippen molar-refractivity contribution >= 4 is 29.7 Å². The number of fused-ring (bicyclic) bond motifs is 1. The first-order valence-corrected chi connectivity index (χ1v) is 9.41. The summed E-state index contributed by atoms with van der Waals surface area (Å²) in [4.78, 5) is 15.9. The highest BCUT2D eigenvalue weighted by molar-refractivity contribution is 7.10. The number of carbonyl (C=O) groups excluding carboxylic acids is 1. The highest BCUT2D eigenvalue weighted by atomic mass is 35.5. The number of aliphatic hydroxyl groups is 1. The van der Waals surface area contributed by atoms with Crippen LogP contribution in [0.2, 0.25) is 0 Å². The summed E-state index contributed by atoms with van der Waals surface area (Å²) in [5.74, 6) is -0.00270. The monoisotopic (exact) mass is 382 g/mol. The molecule has 1 saturated heterocycles. The molecule has 0 aromatic carbocycles. The number of amides is 1. The van der Waals surface area contributed by atoms with Crippen molar-refractivity contribution in [2.24, 2.45) is 0 Å². The molecule has 136 valence electrons. The molecule has 2 unspecified atom stereocenters. The first-order valence-electron chi connectivity index (χ1n) is 8.53. The van der Waals surface area contributed by atoms with Crippen LogP contribution in [-0.4, -0.2) is 45.2 Å². The van der Waals surface area contributed by atoms with Crippen LogP contribution >= 0.6 is 23.7 Å². The topological polar surface area (TPSA) is 81.2 Å². The van der Waals surface area contributed by atoms with Crippen LogP contribution in [0.3, 0.4) is 0 Å². The van der Waals surface area contributed by atoms with Gasteiger partial charge in [-0.1, -0.05) is 6.07 Å². The molecule has 2 atom stereocenters. The molecule has 0 saturated carbocycles. The Morgan fingerprint density at radius 2 is 2.40 bits per heavy atom. The lowest BCUT2D eigenvalue weighted by molar-refractivity contribution is 0.0663. The third-order valence-corrected chi connectivity index (χ3v) is 5.99. The third kappa shape index (κ3) is 3.60. The zero-order chi connectivity index (χ0) is 16.5. The molecule has 2 aliphatic rings. The zero-order valence-corrected chi connectivity index (χ0v) is 15.5. The van der Waals surface area contributed by atoms with Gasteiger partial charge in [0.2, 0.25) is 0 Å². The van der Waals surface area contributed by atoms with E-state index in [1.807, 2.05) is 22.4 Å². The van der Waals surface area contributed by atoms with Crippen molar-refractivity contribution in [3.63, 3.8) is 0 Å². The van der Waals surface area contributed by atoms with E-state index in [0.717, 1.165) is 48.5 Å². The number of carbonyl (C=O) groups is 1. The van der Waals surface area contributed by atoms with E-state index in [-0.39, 0.29) is 24.4 Å². The fourth-order valence-corrected chi connectivity index (χ4v) is 4.47. The SMILES string of the molecule is Cl.O=C(c1n[nH]c2c1CNCC2)N1CCCC1CC(O)c1cccs1. The molecule has 1 fully saturated rings. The summed E-state index contributed by atoms with van der Waals surface area (Å²) in [5, 5.41) is 23.0. The van der Waals surface area contributed by atoms with Gasteiger partial charge in [0, 0.05) is 48.2 Å². The van der Waals surface area contributed by atoms with Gasteiger partial charge < -0.3 is 15.3 Å². The maximum Gasteiger partial charge on any atom is 0.274 e. The van der Waals surface area contributed by atoms with Gasteiger partial charge in [-0.3, -0.25) is 9.89 Å². The average molecular weight is 383 g/mol. The number of thiophene rings is 1. The molecule has 2 aromatic rings. The molecule has 2 aromatic heterocycles. The fourth-order valence-electron chi connectivity index (χ4n) is 3.74. The van der Waals surface area contributed by atoms with Gasteiger partial charge in [0.15, 0.2) is 5.69 Å². The quantitative estimate of drug-likeness (QED) is 0.757. The van der Waals surface area contributed by atoms with Gasteiger partial charge in [0.25, 0.3) is 5.91 Å². The summed E-state index contributed by atoms with van der Waals surface area (Å²) in [6, 6.07) is 3.98. The highest BCUT2D eigenvalue weighted by Gasteiger charge is 2.34. The van der Waals surface area contributed by atoms with Gasteiger partial charge in [-0.2, -0.15) is 5.10 Å². The van der Waals surface area contributed by atoms with E-state index in [1.54, 1.807) is 11.3 Å². The molecule has 8 heteroatoms. The molecule has 2 aliphatic heterocycles. The van der Waals surface area contributed by atoms with E-state index in [4.69, 9.17) is 0 Å². The molecule has 4 rings (SSSR count). The minimum atomic E-state index is -0.502. The molecule has 6 nitrogen and oxygen atoms in total. The molecule has 0 aliphatic carbocycles. The lowest BCUT2D eigenvalue weighted by Crippen LogP contribution is -2.37. The molecule has 3 N–H and O–H groups in total. The van der Waals surface area contributed by atoms with Crippen LogP contribution in [0.15, 0.2) is 17.5 Å². The van der Waals surface area contributed by atoms with E-state index in [1.165, 1.54) is 0 Å². The van der Waals surface area contributed by atoms with Crippen LogP contribution < -0.4 is 5.32 Å². The number of halogens is 1. The molecule has 0 spiro atoms. The Morgan fingerprint density at radius 1 is 1.52 bits per heavy atom. The molecule has 25 heavy (non-hydrogen) atoms. The van der Waals surface area contributed by atoms with Crippen LogP contribution in [0.4, 0.5) is 0 Å². The molecular weight excluding hydrogens is 360 g/mol. The van der Waals surface area contributed by atoms with Gasteiger partial charge in [-0.15, -0.1) is 23.7 Å². The van der Waals surface area contributed by atoms with Crippen LogP contribution in [0.5, 0.6) is 0 Å². The number of hydrogen-bond donors (Lipinski definition) is 3. The lowest BCUT2D eigenvalue weighted by Gasteiger charge is -2.26. The fraction of sp³-hybridized carbons (Fsp3) is 0.529. The first-order chi connectivity index (χ1) is 11.7. The second-order valence-electron chi connectivity index (χ2n) is 6.52. The van der Waals surface area contributed by atoms with Crippen LogP contribution in [0.25, 0.3) is 0 Å². The number of aromatic nitrogens is 2. The summed E-state index contributed by atoms with van der Waals surface area (Å²) < 4.78 is 0. The van der Waals surface area contributed by atoms with Gasteiger partial charge in [0.05, 0.1) is 6.10 Å². The van der Waals surface area contributed by atoms with Crippen molar-refractivity contribution in [2.75, 3.05) is 13.1 Å². The number of H-pyrrole nitrogens is 1. The van der Waals surface area contributed by atoms with Crippen LogP contribution in [0, 0.1) is 0 Å². The standard InChI is InChI=1S/C17H22N4O2S.ClH/c22-14(15-4-2-8-24-15)9-11-3-1-7-21(11)17(23)16-12-10-18-6-5-13(12)19-20-16;/h2,4,8,11,14,18,22H,1,3,5-7,9-10H2,(H,19,20);1H. The number of nitrogens with one attached hydrogen (secondary N) is 2. The van der Waals surface area contributed by atoms with Crippen molar-refractivity contribution in [1.29, 1.82) is 0 Å². The Hall–Kier alpha value is -1.41. The number of rotatable bonds is 4. The number of nitrogens with zero attached hydrogens (tertiary/aromatic N) is 2. The van der Waals surface area contributed by atoms with E-state index >= 15 is 0 Å². The smallest absolute Gasteiger partial charge is 0.274 e. The molecule has 0 bridgehead atoms. The Morgan fingerprint density at radius 3 is 3.20 bits per heavy atom. The second kappa shape index (κ2) is 7.86. The minimum absolute atomic E-state index is 0. The molecular formula is C17H23ClN4O2S. The largest absolute Gasteiger partial charge is 0.387 e. The maximum absolute atomic E-state index is 13.0.